The molecular weight excluding hydrogens is 322 g/mol. The number of hydrogen-bond acceptors (Lipinski definition) is 3. The summed E-state index contributed by atoms with van der Waals surface area (Å²) >= 11 is 3.41. The van der Waals surface area contributed by atoms with Crippen LogP contribution in [0, 0.1) is 0 Å². The standard InChI is InChI=1S/C15H20BrNO3/c1-10(2)20-14-8-11(7-12(16)9-14)15(19)17-5-3-13(18)4-6-17/h7-10,13,18H,3-6H2,1-2H3. The third kappa shape index (κ3) is 3.96. The third-order valence-corrected chi connectivity index (χ3v) is 3.70. The molecule has 1 heterocycles. The van der Waals surface area contributed by atoms with Crippen LogP contribution in [0.15, 0.2) is 22.7 Å². The molecule has 0 atom stereocenters. The summed E-state index contributed by atoms with van der Waals surface area (Å²) in [4.78, 5) is 14.2. The fraction of sp³-hybridized carbons (Fsp3) is 0.533. The van der Waals surface area contributed by atoms with E-state index in [-0.39, 0.29) is 18.1 Å². The van der Waals surface area contributed by atoms with Crippen molar-refractivity contribution in [1.82, 2.24) is 4.90 Å². The van der Waals surface area contributed by atoms with Gasteiger partial charge in [-0.2, -0.15) is 0 Å². The van der Waals surface area contributed by atoms with Gasteiger partial charge >= 0.3 is 0 Å². The second-order valence-corrected chi connectivity index (χ2v) is 6.28. The van der Waals surface area contributed by atoms with Gasteiger partial charge in [-0.25, -0.2) is 0 Å². The van der Waals surface area contributed by atoms with Gasteiger partial charge in [-0.15, -0.1) is 0 Å². The fourth-order valence-electron chi connectivity index (χ4n) is 2.28. The Hall–Kier alpha value is -1.07. The first-order valence-corrected chi connectivity index (χ1v) is 7.69. The van der Waals surface area contributed by atoms with Crippen molar-refractivity contribution in [2.24, 2.45) is 0 Å². The number of hydrogen-bond donors (Lipinski definition) is 1. The highest BCUT2D eigenvalue weighted by molar-refractivity contribution is 9.10. The van der Waals surface area contributed by atoms with Gasteiger partial charge in [0.25, 0.3) is 5.91 Å². The van der Waals surface area contributed by atoms with Crippen LogP contribution in [-0.2, 0) is 0 Å². The molecule has 1 aromatic carbocycles. The van der Waals surface area contributed by atoms with Crippen LogP contribution in [0.3, 0.4) is 0 Å². The van der Waals surface area contributed by atoms with Crippen LogP contribution in [0.1, 0.15) is 37.0 Å². The molecule has 0 spiro atoms. The van der Waals surface area contributed by atoms with E-state index < -0.39 is 0 Å². The number of ether oxygens (including phenoxy) is 1. The van der Waals surface area contributed by atoms with E-state index in [1.54, 1.807) is 17.0 Å². The van der Waals surface area contributed by atoms with E-state index in [1.165, 1.54) is 0 Å². The van der Waals surface area contributed by atoms with Crippen molar-refractivity contribution >= 4 is 21.8 Å². The van der Waals surface area contributed by atoms with E-state index >= 15 is 0 Å². The van der Waals surface area contributed by atoms with Crippen molar-refractivity contribution in [3.8, 4) is 5.75 Å². The van der Waals surface area contributed by atoms with Crippen LogP contribution in [0.2, 0.25) is 0 Å². The zero-order valence-corrected chi connectivity index (χ0v) is 13.4. The first-order chi connectivity index (χ1) is 9.45. The molecule has 1 N–H and O–H groups in total. The average molecular weight is 342 g/mol. The van der Waals surface area contributed by atoms with Gasteiger partial charge < -0.3 is 14.7 Å². The number of carbonyl (C=O) groups excluding carboxylic acids is 1. The van der Waals surface area contributed by atoms with Crippen molar-refractivity contribution < 1.29 is 14.6 Å². The summed E-state index contributed by atoms with van der Waals surface area (Å²) < 4.78 is 6.48. The lowest BCUT2D eigenvalue weighted by Gasteiger charge is -2.29. The van der Waals surface area contributed by atoms with Gasteiger partial charge in [0, 0.05) is 23.1 Å². The summed E-state index contributed by atoms with van der Waals surface area (Å²) in [6.07, 6.45) is 1.09. The number of piperidine rings is 1. The minimum absolute atomic E-state index is 0.00759. The molecule has 20 heavy (non-hydrogen) atoms. The van der Waals surface area contributed by atoms with Gasteiger partial charge in [-0.1, -0.05) is 15.9 Å². The van der Waals surface area contributed by atoms with E-state index in [0.717, 1.165) is 4.47 Å². The summed E-state index contributed by atoms with van der Waals surface area (Å²) in [5.74, 6) is 0.682. The first kappa shape index (κ1) is 15.3. The molecule has 0 aromatic heterocycles. The second kappa shape index (κ2) is 6.59. The lowest BCUT2D eigenvalue weighted by Crippen LogP contribution is -2.40. The van der Waals surface area contributed by atoms with Crippen molar-refractivity contribution in [2.75, 3.05) is 13.1 Å². The number of carbonyl (C=O) groups is 1. The molecule has 110 valence electrons. The topological polar surface area (TPSA) is 49.8 Å². The maximum Gasteiger partial charge on any atom is 0.254 e. The minimum atomic E-state index is -0.276. The number of likely N-dealkylation sites (tertiary alicyclic amines) is 1. The molecule has 1 saturated heterocycles. The van der Waals surface area contributed by atoms with Crippen molar-refractivity contribution in [3.63, 3.8) is 0 Å². The molecule has 0 aliphatic carbocycles. The van der Waals surface area contributed by atoms with Crippen molar-refractivity contribution in [2.45, 2.75) is 38.9 Å². The van der Waals surface area contributed by atoms with Gasteiger partial charge in [0.15, 0.2) is 0 Å². The summed E-state index contributed by atoms with van der Waals surface area (Å²) in [7, 11) is 0. The Morgan fingerprint density at radius 1 is 1.35 bits per heavy atom. The Morgan fingerprint density at radius 2 is 2.00 bits per heavy atom. The number of halogens is 1. The molecule has 0 radical (unpaired) electrons. The van der Waals surface area contributed by atoms with E-state index in [0.29, 0.717) is 37.2 Å². The van der Waals surface area contributed by atoms with E-state index in [9.17, 15) is 9.90 Å². The predicted molar refractivity (Wildman–Crippen MR) is 81.1 cm³/mol. The molecule has 5 heteroatoms. The Balaban J connectivity index is 2.14. The summed E-state index contributed by atoms with van der Waals surface area (Å²) in [5, 5.41) is 9.50. The summed E-state index contributed by atoms with van der Waals surface area (Å²) in [6.45, 7) is 5.11. The normalized spacial score (nSPS) is 16.6. The Labute approximate surface area is 127 Å². The van der Waals surface area contributed by atoms with E-state index in [2.05, 4.69) is 15.9 Å². The molecule has 0 saturated carbocycles. The van der Waals surface area contributed by atoms with Gasteiger partial charge in [-0.3, -0.25) is 4.79 Å². The van der Waals surface area contributed by atoms with Crippen LogP contribution in [0.25, 0.3) is 0 Å². The van der Waals surface area contributed by atoms with E-state index in [1.807, 2.05) is 19.9 Å². The number of aliphatic hydroxyl groups is 1. The van der Waals surface area contributed by atoms with Gasteiger partial charge in [0.1, 0.15) is 5.75 Å². The molecule has 4 nitrogen and oxygen atoms in total. The third-order valence-electron chi connectivity index (χ3n) is 3.24. The van der Waals surface area contributed by atoms with Crippen molar-refractivity contribution in [3.05, 3.63) is 28.2 Å². The first-order valence-electron chi connectivity index (χ1n) is 6.90. The predicted octanol–water partition coefficient (Wildman–Crippen LogP) is 2.83. The highest BCUT2D eigenvalue weighted by Crippen LogP contribution is 2.24. The minimum Gasteiger partial charge on any atom is -0.491 e. The molecule has 1 fully saturated rings. The van der Waals surface area contributed by atoms with E-state index in [4.69, 9.17) is 4.74 Å². The Bertz CT molecular complexity index is 482. The largest absolute Gasteiger partial charge is 0.491 e. The van der Waals surface area contributed by atoms with Gasteiger partial charge in [0.05, 0.1) is 12.2 Å². The Kier molecular flexibility index (Phi) is 5.05. The maximum atomic E-state index is 12.5. The quantitative estimate of drug-likeness (QED) is 0.919. The van der Waals surface area contributed by atoms with Gasteiger partial charge in [-0.05, 0) is 44.9 Å². The maximum absolute atomic E-state index is 12.5. The molecular formula is C15H20BrNO3. The molecule has 0 unspecified atom stereocenters. The smallest absolute Gasteiger partial charge is 0.254 e. The monoisotopic (exact) mass is 341 g/mol. The molecule has 1 aliphatic heterocycles. The van der Waals surface area contributed by atoms with Crippen LogP contribution in [-0.4, -0.2) is 41.2 Å². The molecule has 1 amide bonds. The molecule has 1 aromatic rings. The average Bonchev–Trinajstić information content (AvgIpc) is 2.37. The van der Waals surface area contributed by atoms with Crippen LogP contribution in [0.5, 0.6) is 5.75 Å². The number of nitrogens with zero attached hydrogens (tertiary/aromatic N) is 1. The second-order valence-electron chi connectivity index (χ2n) is 5.37. The lowest BCUT2D eigenvalue weighted by atomic mass is 10.1. The number of aliphatic hydroxyl groups excluding tert-OH is 1. The summed E-state index contributed by atoms with van der Waals surface area (Å²) in [5.41, 5.74) is 0.617. The van der Waals surface area contributed by atoms with Crippen molar-refractivity contribution in [1.29, 1.82) is 0 Å². The zero-order chi connectivity index (χ0) is 14.7. The van der Waals surface area contributed by atoms with Crippen LogP contribution in [0.4, 0.5) is 0 Å². The molecule has 0 bridgehead atoms. The zero-order valence-electron chi connectivity index (χ0n) is 11.8. The lowest BCUT2D eigenvalue weighted by molar-refractivity contribution is 0.0546. The van der Waals surface area contributed by atoms with Crippen LogP contribution < -0.4 is 4.74 Å². The van der Waals surface area contributed by atoms with Crippen LogP contribution >= 0.6 is 15.9 Å². The number of benzene rings is 1. The number of rotatable bonds is 3. The number of amides is 1. The highest BCUT2D eigenvalue weighted by atomic mass is 79.9. The molecule has 1 aliphatic rings. The van der Waals surface area contributed by atoms with Gasteiger partial charge in [0.2, 0.25) is 0 Å². The molecule has 2 rings (SSSR count). The summed E-state index contributed by atoms with van der Waals surface area (Å²) in [6, 6.07) is 5.44. The Morgan fingerprint density at radius 3 is 2.60 bits per heavy atom. The SMILES string of the molecule is CC(C)Oc1cc(Br)cc(C(=O)N2CCC(O)CC2)c1. The highest BCUT2D eigenvalue weighted by Gasteiger charge is 2.23. The fourth-order valence-corrected chi connectivity index (χ4v) is 2.75.